The first kappa shape index (κ1) is 25.6. The highest BCUT2D eigenvalue weighted by Gasteiger charge is 2.30. The molecule has 0 radical (unpaired) electrons. The van der Waals surface area contributed by atoms with Crippen LogP contribution in [-0.4, -0.2) is 35.8 Å². The second-order valence-corrected chi connectivity index (χ2v) is 8.06. The molecule has 0 fully saturated rings. The number of urea groups is 1. The van der Waals surface area contributed by atoms with E-state index in [0.717, 1.165) is 23.9 Å². The molecule has 182 valence electrons. The summed E-state index contributed by atoms with van der Waals surface area (Å²) < 4.78 is 59.5. The molecule has 3 aromatic rings. The number of ether oxygens (including phenoxy) is 1. The summed E-state index contributed by atoms with van der Waals surface area (Å²) in [6, 6.07) is 12.2. The van der Waals surface area contributed by atoms with Gasteiger partial charge in [0.25, 0.3) is 0 Å². The lowest BCUT2D eigenvalue weighted by Crippen LogP contribution is -2.36. The zero-order valence-electron chi connectivity index (χ0n) is 18.4. The van der Waals surface area contributed by atoms with Gasteiger partial charge in [0.15, 0.2) is 0 Å². The number of alkyl halides is 3. The lowest BCUT2D eigenvalue weighted by atomic mass is 10.1. The van der Waals surface area contributed by atoms with Gasteiger partial charge in [-0.05, 0) is 54.4 Å². The Balaban J connectivity index is 1.76. The molecule has 0 aliphatic heterocycles. The van der Waals surface area contributed by atoms with Crippen LogP contribution in [0.3, 0.4) is 0 Å². The van der Waals surface area contributed by atoms with Crippen molar-refractivity contribution in [3.05, 3.63) is 88.5 Å². The minimum atomic E-state index is -4.42. The number of rotatable bonds is 9. The van der Waals surface area contributed by atoms with Gasteiger partial charge in [-0.25, -0.2) is 9.18 Å². The third-order valence-corrected chi connectivity index (χ3v) is 5.41. The average Bonchev–Trinajstić information content (AvgIpc) is 3.21. The Morgan fingerprint density at radius 2 is 1.94 bits per heavy atom. The van der Waals surface area contributed by atoms with Crippen LogP contribution in [0, 0.1) is 5.82 Å². The van der Waals surface area contributed by atoms with Crippen LogP contribution in [0.5, 0.6) is 0 Å². The molecule has 1 heterocycles. The van der Waals surface area contributed by atoms with Crippen LogP contribution in [0.25, 0.3) is 0 Å². The first-order valence-corrected chi connectivity index (χ1v) is 10.8. The van der Waals surface area contributed by atoms with E-state index in [1.807, 2.05) is 0 Å². The van der Waals surface area contributed by atoms with Gasteiger partial charge < -0.3 is 19.5 Å². The number of anilines is 1. The number of amides is 2. The van der Waals surface area contributed by atoms with E-state index in [4.69, 9.17) is 16.3 Å². The third-order valence-electron chi connectivity index (χ3n) is 5.12. The maximum Gasteiger partial charge on any atom is 0.416 e. The van der Waals surface area contributed by atoms with Gasteiger partial charge >= 0.3 is 12.2 Å². The summed E-state index contributed by atoms with van der Waals surface area (Å²) in [5.41, 5.74) is 0.857. The number of halogens is 5. The van der Waals surface area contributed by atoms with Crippen molar-refractivity contribution in [1.29, 1.82) is 0 Å². The van der Waals surface area contributed by atoms with Gasteiger partial charge in [0.2, 0.25) is 0 Å². The van der Waals surface area contributed by atoms with E-state index in [1.165, 1.54) is 18.2 Å². The third kappa shape index (κ3) is 6.98. The van der Waals surface area contributed by atoms with Crippen molar-refractivity contribution >= 4 is 23.3 Å². The van der Waals surface area contributed by atoms with Crippen LogP contribution in [0.2, 0.25) is 5.02 Å². The number of carbonyl (C=O) groups is 1. The number of benzene rings is 2. The Morgan fingerprint density at radius 1 is 1.15 bits per heavy atom. The lowest BCUT2D eigenvalue weighted by Gasteiger charge is -2.24. The van der Waals surface area contributed by atoms with Crippen LogP contribution >= 0.6 is 11.6 Å². The summed E-state index contributed by atoms with van der Waals surface area (Å²) in [7, 11) is 1.56. The van der Waals surface area contributed by atoms with E-state index < -0.39 is 23.6 Å². The van der Waals surface area contributed by atoms with E-state index >= 15 is 0 Å². The maximum absolute atomic E-state index is 13.4. The van der Waals surface area contributed by atoms with Crippen LogP contribution in [0.1, 0.15) is 23.2 Å². The van der Waals surface area contributed by atoms with Crippen molar-refractivity contribution in [2.24, 2.45) is 0 Å². The molecule has 0 aliphatic rings. The van der Waals surface area contributed by atoms with Crippen molar-refractivity contribution in [1.82, 2.24) is 9.47 Å². The fourth-order valence-electron chi connectivity index (χ4n) is 3.41. The van der Waals surface area contributed by atoms with Gasteiger partial charge in [0.1, 0.15) is 5.82 Å². The molecule has 5 nitrogen and oxygen atoms in total. The van der Waals surface area contributed by atoms with Gasteiger partial charge in [-0.15, -0.1) is 0 Å². The van der Waals surface area contributed by atoms with Gasteiger partial charge in [-0.3, -0.25) is 0 Å². The number of nitrogens with one attached hydrogen (secondary N) is 1. The number of hydrogen-bond acceptors (Lipinski definition) is 2. The molecule has 2 aromatic carbocycles. The van der Waals surface area contributed by atoms with E-state index in [0.29, 0.717) is 30.8 Å². The van der Waals surface area contributed by atoms with E-state index in [9.17, 15) is 22.4 Å². The predicted molar refractivity (Wildman–Crippen MR) is 122 cm³/mol. The van der Waals surface area contributed by atoms with Crippen molar-refractivity contribution < 1.29 is 27.1 Å². The Morgan fingerprint density at radius 3 is 2.65 bits per heavy atom. The average molecular weight is 498 g/mol. The number of hydrogen-bond donors (Lipinski definition) is 1. The van der Waals surface area contributed by atoms with Gasteiger partial charge in [-0.1, -0.05) is 23.7 Å². The number of aromatic nitrogens is 1. The van der Waals surface area contributed by atoms with E-state index in [2.05, 4.69) is 5.32 Å². The molecule has 1 aromatic heterocycles. The molecular weight excluding hydrogens is 474 g/mol. The minimum Gasteiger partial charge on any atom is -0.385 e. The van der Waals surface area contributed by atoms with Gasteiger partial charge in [0.05, 0.1) is 17.1 Å². The summed E-state index contributed by atoms with van der Waals surface area (Å²) in [5, 5.41) is 2.59. The highest BCUT2D eigenvalue weighted by molar-refractivity contribution is 6.31. The minimum absolute atomic E-state index is 0.112. The van der Waals surface area contributed by atoms with Crippen LogP contribution < -0.4 is 5.32 Å². The molecule has 2 amide bonds. The molecule has 0 atom stereocenters. The molecule has 0 saturated carbocycles. The summed E-state index contributed by atoms with van der Waals surface area (Å²) in [4.78, 5) is 14.5. The van der Waals surface area contributed by atoms with Crippen LogP contribution in [-0.2, 0) is 24.0 Å². The SMILES string of the molecule is COCCCN(Cc1cccn1Cc1cccc(C(F)(F)F)c1)C(=O)Nc1ccc(F)c(Cl)c1. The van der Waals surface area contributed by atoms with E-state index in [-0.39, 0.29) is 18.1 Å². The Kier molecular flexibility index (Phi) is 8.57. The van der Waals surface area contributed by atoms with Crippen molar-refractivity contribution in [3.8, 4) is 0 Å². The van der Waals surface area contributed by atoms with Gasteiger partial charge in [0, 0.05) is 44.4 Å². The fourth-order valence-corrected chi connectivity index (χ4v) is 3.59. The molecule has 0 saturated heterocycles. The number of methoxy groups -OCH3 is 1. The fraction of sp³-hybridized carbons (Fsp3) is 0.292. The summed E-state index contributed by atoms with van der Waals surface area (Å²) >= 11 is 5.80. The normalized spacial score (nSPS) is 11.5. The number of nitrogens with zero attached hydrogens (tertiary/aromatic N) is 2. The highest BCUT2D eigenvalue weighted by atomic mass is 35.5. The molecule has 0 aliphatic carbocycles. The summed E-state index contributed by atoms with van der Waals surface area (Å²) in [5.74, 6) is -0.593. The largest absolute Gasteiger partial charge is 0.416 e. The Labute approximate surface area is 199 Å². The van der Waals surface area contributed by atoms with Gasteiger partial charge in [-0.2, -0.15) is 13.2 Å². The quantitative estimate of drug-likeness (QED) is 0.274. The molecule has 0 spiro atoms. The number of carbonyl (C=O) groups excluding carboxylic acids is 1. The highest BCUT2D eigenvalue weighted by Crippen LogP contribution is 2.30. The smallest absolute Gasteiger partial charge is 0.385 e. The van der Waals surface area contributed by atoms with E-state index in [1.54, 1.807) is 41.0 Å². The second kappa shape index (κ2) is 11.4. The molecule has 0 bridgehead atoms. The Hall–Kier alpha value is -3.04. The molecular formula is C24H24ClF4N3O2. The van der Waals surface area contributed by atoms with Crippen LogP contribution in [0.15, 0.2) is 60.8 Å². The Bertz CT molecular complexity index is 1120. The predicted octanol–water partition coefficient (Wildman–Crippen LogP) is 6.42. The second-order valence-electron chi connectivity index (χ2n) is 7.65. The molecule has 34 heavy (non-hydrogen) atoms. The molecule has 1 N–H and O–H groups in total. The van der Waals surface area contributed by atoms with Crippen molar-refractivity contribution in [3.63, 3.8) is 0 Å². The van der Waals surface area contributed by atoms with Crippen molar-refractivity contribution in [2.75, 3.05) is 25.6 Å². The zero-order chi connectivity index (χ0) is 24.7. The summed E-state index contributed by atoms with van der Waals surface area (Å²) in [6.07, 6.45) is -2.10. The van der Waals surface area contributed by atoms with Crippen molar-refractivity contribution in [2.45, 2.75) is 25.7 Å². The maximum atomic E-state index is 13.4. The monoisotopic (exact) mass is 497 g/mol. The molecule has 10 heteroatoms. The standard InChI is InChI=1S/C24H24ClF4N3O2/c1-34-12-4-11-32(23(33)30-19-8-9-22(26)21(25)14-19)16-20-7-3-10-31(20)15-17-5-2-6-18(13-17)24(27,28)29/h2-3,5-10,13-14H,4,11-12,15-16H2,1H3,(H,30,33). The summed E-state index contributed by atoms with van der Waals surface area (Å²) in [6.45, 7) is 1.23. The first-order valence-electron chi connectivity index (χ1n) is 10.5. The molecule has 3 rings (SSSR count). The first-order chi connectivity index (χ1) is 16.2. The topological polar surface area (TPSA) is 46.5 Å². The lowest BCUT2D eigenvalue weighted by molar-refractivity contribution is -0.137. The van der Waals surface area contributed by atoms with Crippen LogP contribution in [0.4, 0.5) is 28.0 Å². The molecule has 0 unspecified atom stereocenters. The zero-order valence-corrected chi connectivity index (χ0v) is 19.2.